The topological polar surface area (TPSA) is 76.8 Å². The second kappa shape index (κ2) is 9.44. The van der Waals surface area contributed by atoms with Crippen molar-refractivity contribution in [3.63, 3.8) is 0 Å². The summed E-state index contributed by atoms with van der Waals surface area (Å²) in [6.45, 7) is 1.97. The molecule has 0 aromatic carbocycles. The number of piperidine rings is 1. The Kier molecular flexibility index (Phi) is 6.24. The van der Waals surface area contributed by atoms with Gasteiger partial charge in [-0.1, -0.05) is 0 Å². The molecule has 0 amide bonds. The lowest BCUT2D eigenvalue weighted by Crippen LogP contribution is -2.34. The summed E-state index contributed by atoms with van der Waals surface area (Å²) in [7, 11) is 1.88. The van der Waals surface area contributed by atoms with E-state index in [0.29, 0.717) is 23.9 Å². The van der Waals surface area contributed by atoms with Crippen molar-refractivity contribution in [1.82, 2.24) is 29.6 Å². The molecular weight excluding hydrogens is 439 g/mol. The second-order valence-electron chi connectivity index (χ2n) is 8.47. The lowest BCUT2D eigenvalue weighted by Gasteiger charge is -2.30. The molecule has 1 saturated heterocycles. The van der Waals surface area contributed by atoms with Gasteiger partial charge in [0.1, 0.15) is 12.4 Å². The number of thiazole rings is 1. The van der Waals surface area contributed by atoms with Crippen molar-refractivity contribution in [3.8, 4) is 11.1 Å². The Morgan fingerprint density at radius 1 is 1.15 bits per heavy atom. The molecular formula is C24H25FN6OS. The van der Waals surface area contributed by atoms with Crippen molar-refractivity contribution < 1.29 is 9.18 Å². The molecule has 0 atom stereocenters. The molecule has 0 spiro atoms. The fourth-order valence-corrected chi connectivity index (χ4v) is 5.28. The van der Waals surface area contributed by atoms with Gasteiger partial charge in [-0.2, -0.15) is 5.10 Å². The molecule has 0 unspecified atom stereocenters. The minimum atomic E-state index is -0.301. The van der Waals surface area contributed by atoms with Gasteiger partial charge in [0.05, 0.1) is 29.3 Å². The highest BCUT2D eigenvalue weighted by Crippen LogP contribution is 2.30. The van der Waals surface area contributed by atoms with Crippen LogP contribution in [-0.4, -0.2) is 61.7 Å². The number of ketones is 1. The number of fused-ring (bicyclic) bond motifs is 1. The first-order valence-corrected chi connectivity index (χ1v) is 12.0. The summed E-state index contributed by atoms with van der Waals surface area (Å²) in [4.78, 5) is 28.6. The van der Waals surface area contributed by atoms with Gasteiger partial charge >= 0.3 is 0 Å². The van der Waals surface area contributed by atoms with E-state index in [9.17, 15) is 9.18 Å². The molecule has 0 N–H and O–H groups in total. The number of carbonyl (C=O) groups is 1. The Labute approximate surface area is 195 Å². The highest BCUT2D eigenvalue weighted by molar-refractivity contribution is 7.09. The first-order valence-electron chi connectivity index (χ1n) is 11.1. The molecule has 4 aromatic rings. The predicted molar refractivity (Wildman–Crippen MR) is 126 cm³/mol. The third-order valence-corrected chi connectivity index (χ3v) is 7.16. The Morgan fingerprint density at radius 2 is 2.00 bits per heavy atom. The molecule has 0 aliphatic carbocycles. The van der Waals surface area contributed by atoms with E-state index in [1.54, 1.807) is 28.4 Å². The molecule has 4 aromatic heterocycles. The predicted octanol–water partition coefficient (Wildman–Crippen LogP) is 4.06. The summed E-state index contributed by atoms with van der Waals surface area (Å²) in [5, 5.41) is 8.02. The van der Waals surface area contributed by atoms with E-state index in [1.807, 2.05) is 37.0 Å². The first kappa shape index (κ1) is 21.8. The maximum Gasteiger partial charge on any atom is 0.187 e. The number of hydrogen-bond acceptors (Lipinski definition) is 7. The molecule has 170 valence electrons. The zero-order valence-electron chi connectivity index (χ0n) is 18.4. The number of aryl methyl sites for hydroxylation is 1. The van der Waals surface area contributed by atoms with Crippen LogP contribution < -0.4 is 0 Å². The van der Waals surface area contributed by atoms with Crippen LogP contribution in [0.25, 0.3) is 22.0 Å². The number of Topliss-reactive ketones (excluding diaryl/α,β-unsaturated/α-hetero) is 1. The van der Waals surface area contributed by atoms with Crippen LogP contribution in [0.3, 0.4) is 0 Å². The number of carbonyl (C=O) groups excluding carboxylic acids is 1. The maximum absolute atomic E-state index is 12.9. The average Bonchev–Trinajstić information content (AvgIpc) is 3.49. The van der Waals surface area contributed by atoms with Crippen LogP contribution in [0.4, 0.5) is 4.39 Å². The minimum absolute atomic E-state index is 0.0319. The molecule has 9 heteroatoms. The Morgan fingerprint density at radius 3 is 2.76 bits per heavy atom. The van der Waals surface area contributed by atoms with Gasteiger partial charge < -0.3 is 4.90 Å². The molecule has 1 aliphatic heterocycles. The monoisotopic (exact) mass is 464 g/mol. The Hall–Kier alpha value is -3.04. The quantitative estimate of drug-likeness (QED) is 0.384. The van der Waals surface area contributed by atoms with E-state index in [1.165, 1.54) is 0 Å². The van der Waals surface area contributed by atoms with Gasteiger partial charge in [0.25, 0.3) is 0 Å². The number of rotatable bonds is 7. The van der Waals surface area contributed by atoms with Gasteiger partial charge in [-0.15, -0.1) is 11.3 Å². The van der Waals surface area contributed by atoms with Crippen molar-refractivity contribution in [2.24, 2.45) is 7.05 Å². The number of pyridine rings is 2. The summed E-state index contributed by atoms with van der Waals surface area (Å²) in [5.74, 6) is 0.318. The highest BCUT2D eigenvalue weighted by Gasteiger charge is 2.24. The summed E-state index contributed by atoms with van der Waals surface area (Å²) >= 11 is 1.55. The van der Waals surface area contributed by atoms with Gasteiger partial charge in [-0.25, -0.2) is 9.37 Å². The third-order valence-electron chi connectivity index (χ3n) is 6.15. The summed E-state index contributed by atoms with van der Waals surface area (Å²) in [5.41, 5.74) is 3.96. The van der Waals surface area contributed by atoms with Gasteiger partial charge in [0, 0.05) is 59.5 Å². The van der Waals surface area contributed by atoms with E-state index in [4.69, 9.17) is 0 Å². The molecule has 7 nitrogen and oxygen atoms in total. The average molecular weight is 465 g/mol. The standard InChI is InChI=1S/C24H25FN6OS/c1-30-14-19(12-28-30)18-8-17-9-20(26-13-21(17)27-11-18)10-23(32)22-15-33-24(29-22)16-2-5-31(6-3-16)7-4-25/h8-9,11-16H,2-7,10H2,1H3. The molecule has 5 heterocycles. The van der Waals surface area contributed by atoms with Crippen molar-refractivity contribution >= 4 is 28.0 Å². The van der Waals surface area contributed by atoms with Gasteiger partial charge in [0.15, 0.2) is 5.78 Å². The van der Waals surface area contributed by atoms with Gasteiger partial charge in [-0.3, -0.25) is 19.4 Å². The smallest absolute Gasteiger partial charge is 0.187 e. The number of alkyl halides is 1. The third kappa shape index (κ3) is 4.84. The van der Waals surface area contributed by atoms with Crippen LogP contribution in [0.1, 0.15) is 39.9 Å². The normalized spacial score (nSPS) is 15.3. The first-order chi connectivity index (χ1) is 16.1. The van der Waals surface area contributed by atoms with Gasteiger partial charge in [-0.05, 0) is 38.1 Å². The Balaban J connectivity index is 1.28. The number of halogens is 1. The van der Waals surface area contributed by atoms with Crippen molar-refractivity contribution in [1.29, 1.82) is 0 Å². The van der Waals surface area contributed by atoms with Crippen LogP contribution in [0.5, 0.6) is 0 Å². The molecule has 0 radical (unpaired) electrons. The number of nitrogens with zero attached hydrogens (tertiary/aromatic N) is 6. The highest BCUT2D eigenvalue weighted by atomic mass is 32.1. The van der Waals surface area contributed by atoms with E-state index < -0.39 is 0 Å². The van der Waals surface area contributed by atoms with Crippen LogP contribution in [0, 0.1) is 0 Å². The summed E-state index contributed by atoms with van der Waals surface area (Å²) in [6, 6.07) is 3.97. The fourth-order valence-electron chi connectivity index (χ4n) is 4.28. The SMILES string of the molecule is Cn1cc(-c2cnc3cnc(CC(=O)c4csc(C5CCN(CCF)CC5)n4)cc3c2)cn1. The molecule has 0 bridgehead atoms. The van der Waals surface area contributed by atoms with Crippen molar-refractivity contribution in [3.05, 3.63) is 58.7 Å². The Bertz CT molecular complexity index is 1280. The van der Waals surface area contributed by atoms with Crippen LogP contribution >= 0.6 is 11.3 Å². The van der Waals surface area contributed by atoms with Gasteiger partial charge in [0.2, 0.25) is 0 Å². The molecule has 1 fully saturated rings. The zero-order valence-corrected chi connectivity index (χ0v) is 19.3. The van der Waals surface area contributed by atoms with Crippen LogP contribution in [0.2, 0.25) is 0 Å². The molecule has 1 aliphatic rings. The van der Waals surface area contributed by atoms with Crippen molar-refractivity contribution in [2.45, 2.75) is 25.2 Å². The van der Waals surface area contributed by atoms with E-state index in [0.717, 1.165) is 53.0 Å². The van der Waals surface area contributed by atoms with E-state index in [-0.39, 0.29) is 18.9 Å². The number of likely N-dealkylation sites (tertiary alicyclic amines) is 1. The largest absolute Gasteiger partial charge is 0.301 e. The second-order valence-corrected chi connectivity index (χ2v) is 9.36. The van der Waals surface area contributed by atoms with E-state index >= 15 is 0 Å². The molecule has 5 rings (SSSR count). The molecule has 33 heavy (non-hydrogen) atoms. The van der Waals surface area contributed by atoms with Crippen molar-refractivity contribution in [2.75, 3.05) is 26.3 Å². The minimum Gasteiger partial charge on any atom is -0.301 e. The summed E-state index contributed by atoms with van der Waals surface area (Å²) in [6.07, 6.45) is 9.39. The zero-order chi connectivity index (χ0) is 22.8. The molecule has 0 saturated carbocycles. The number of aromatic nitrogens is 5. The lowest BCUT2D eigenvalue weighted by molar-refractivity contribution is 0.0987. The summed E-state index contributed by atoms with van der Waals surface area (Å²) < 4.78 is 14.3. The maximum atomic E-state index is 12.9. The lowest BCUT2D eigenvalue weighted by atomic mass is 9.97. The number of hydrogen-bond donors (Lipinski definition) is 0. The van der Waals surface area contributed by atoms with Crippen LogP contribution in [0.15, 0.2) is 42.3 Å². The fraction of sp³-hybridized carbons (Fsp3) is 0.375. The van der Waals surface area contributed by atoms with E-state index in [2.05, 4.69) is 25.0 Å². The van der Waals surface area contributed by atoms with Crippen LogP contribution in [-0.2, 0) is 13.5 Å².